The van der Waals surface area contributed by atoms with Gasteiger partial charge in [0.2, 0.25) is 0 Å². The van der Waals surface area contributed by atoms with Crippen LogP contribution in [0.4, 0.5) is 5.69 Å². The monoisotopic (exact) mass is 440 g/mol. The minimum Gasteiger partial charge on any atom is -0.493 e. The molecule has 1 atom stereocenters. The highest BCUT2D eigenvalue weighted by Crippen LogP contribution is 2.37. The summed E-state index contributed by atoms with van der Waals surface area (Å²) in [5.74, 6) is -0.917. The number of nitrogens with zero attached hydrogens (tertiary/aromatic N) is 2. The fourth-order valence-electron chi connectivity index (χ4n) is 3.56. The number of likely N-dealkylation sites (tertiary alicyclic amines) is 1. The largest absolute Gasteiger partial charge is 0.493 e. The van der Waals surface area contributed by atoms with Crippen molar-refractivity contribution in [1.29, 1.82) is 0 Å². The van der Waals surface area contributed by atoms with E-state index in [1.807, 2.05) is 43.3 Å². The van der Waals surface area contributed by atoms with Crippen LogP contribution in [0.1, 0.15) is 29.3 Å². The molecule has 2 aromatic rings. The van der Waals surface area contributed by atoms with Gasteiger partial charge in [0.1, 0.15) is 18.2 Å². The summed E-state index contributed by atoms with van der Waals surface area (Å²) in [5, 5.41) is 11.8. The van der Waals surface area contributed by atoms with Gasteiger partial charge in [-0.1, -0.05) is 42.0 Å². The average molecular weight is 440 g/mol. The number of benzene rings is 2. The van der Waals surface area contributed by atoms with Crippen molar-refractivity contribution in [1.82, 2.24) is 4.90 Å². The quantitative estimate of drug-likeness (QED) is 0.280. The van der Waals surface area contributed by atoms with E-state index in [1.54, 1.807) is 0 Å². The van der Waals surface area contributed by atoms with Crippen LogP contribution < -0.4 is 9.47 Å². The summed E-state index contributed by atoms with van der Waals surface area (Å²) in [5.41, 5.74) is 1.11. The van der Waals surface area contributed by atoms with E-state index in [9.17, 15) is 19.7 Å². The molecule has 0 saturated carbocycles. The van der Waals surface area contributed by atoms with Crippen molar-refractivity contribution >= 4 is 17.6 Å². The van der Waals surface area contributed by atoms with E-state index in [2.05, 4.69) is 0 Å². The predicted octanol–water partition coefficient (Wildman–Crippen LogP) is 3.52. The van der Waals surface area contributed by atoms with Crippen molar-refractivity contribution in [3.8, 4) is 11.5 Å². The highest BCUT2D eigenvalue weighted by Gasteiger charge is 2.40. The zero-order valence-corrected chi connectivity index (χ0v) is 18.1. The second kappa shape index (κ2) is 9.95. The molecule has 1 fully saturated rings. The van der Waals surface area contributed by atoms with Crippen molar-refractivity contribution in [2.24, 2.45) is 0 Å². The molecule has 32 heavy (non-hydrogen) atoms. The zero-order chi connectivity index (χ0) is 23.3. The van der Waals surface area contributed by atoms with E-state index in [-0.39, 0.29) is 30.2 Å². The maximum Gasteiger partial charge on any atom is 0.328 e. The Kier molecular flexibility index (Phi) is 7.09. The number of nitro benzene ring substituents is 1. The number of ether oxygens (including phenoxy) is 3. The normalized spacial score (nSPS) is 16.7. The van der Waals surface area contributed by atoms with Crippen LogP contribution in [-0.4, -0.2) is 48.5 Å². The van der Waals surface area contributed by atoms with Gasteiger partial charge in [-0.25, -0.2) is 4.79 Å². The number of carbonyl (C=O) groups is 2. The second-order valence-corrected chi connectivity index (χ2v) is 7.17. The standard InChI is InChI=1S/C23H24N2O7/c1-4-15-10-19(23(27)31-3)24(13-15)22(26)17-11-20(30-2)21(12-18(17)25(28)29)32-14-16-8-6-5-7-9-16/h4-9,11-12,19H,10,13-14H2,1-3H3/b15-4+/t19-/m0/s1. The topological polar surface area (TPSA) is 108 Å². The van der Waals surface area contributed by atoms with Gasteiger partial charge >= 0.3 is 5.97 Å². The molecule has 1 amide bonds. The van der Waals surface area contributed by atoms with E-state index in [0.717, 1.165) is 11.1 Å². The van der Waals surface area contributed by atoms with Gasteiger partial charge < -0.3 is 19.1 Å². The number of esters is 1. The van der Waals surface area contributed by atoms with Gasteiger partial charge in [-0.15, -0.1) is 0 Å². The van der Waals surface area contributed by atoms with Gasteiger partial charge in [0.05, 0.1) is 25.2 Å². The molecule has 9 heteroatoms. The van der Waals surface area contributed by atoms with Crippen molar-refractivity contribution in [2.45, 2.75) is 26.0 Å². The Morgan fingerprint density at radius 2 is 1.91 bits per heavy atom. The molecule has 1 aliphatic rings. The lowest BCUT2D eigenvalue weighted by atomic mass is 10.1. The van der Waals surface area contributed by atoms with Crippen LogP contribution >= 0.6 is 0 Å². The van der Waals surface area contributed by atoms with Gasteiger partial charge in [-0.05, 0) is 12.5 Å². The lowest BCUT2D eigenvalue weighted by molar-refractivity contribution is -0.385. The van der Waals surface area contributed by atoms with Gasteiger partial charge in [0.25, 0.3) is 11.6 Å². The molecule has 0 radical (unpaired) electrons. The summed E-state index contributed by atoms with van der Waals surface area (Å²) < 4.78 is 15.9. The van der Waals surface area contributed by atoms with Crippen LogP contribution in [0.2, 0.25) is 0 Å². The predicted molar refractivity (Wildman–Crippen MR) is 116 cm³/mol. The maximum atomic E-state index is 13.3. The highest BCUT2D eigenvalue weighted by atomic mass is 16.6. The van der Waals surface area contributed by atoms with Crippen LogP contribution in [0.15, 0.2) is 54.1 Å². The Morgan fingerprint density at radius 1 is 1.19 bits per heavy atom. The van der Waals surface area contributed by atoms with E-state index < -0.39 is 28.5 Å². The number of rotatable bonds is 7. The van der Waals surface area contributed by atoms with Crippen LogP contribution in [0.5, 0.6) is 11.5 Å². The second-order valence-electron chi connectivity index (χ2n) is 7.17. The molecule has 9 nitrogen and oxygen atoms in total. The third kappa shape index (κ3) is 4.72. The van der Waals surface area contributed by atoms with Crippen molar-refractivity contribution in [3.05, 3.63) is 75.4 Å². The number of hydrogen-bond acceptors (Lipinski definition) is 7. The molecule has 3 rings (SSSR count). The molecular formula is C23H24N2O7. The Labute approximate surface area is 185 Å². The SMILES string of the molecule is C/C=C1\C[C@@H](C(=O)OC)N(C(=O)c2cc(OC)c(OCc3ccccc3)cc2[N+](=O)[O-])C1. The smallest absolute Gasteiger partial charge is 0.328 e. The zero-order valence-electron chi connectivity index (χ0n) is 18.1. The molecule has 1 saturated heterocycles. The van der Waals surface area contributed by atoms with Gasteiger partial charge in [0.15, 0.2) is 11.5 Å². The third-order valence-corrected chi connectivity index (χ3v) is 5.29. The molecule has 168 valence electrons. The summed E-state index contributed by atoms with van der Waals surface area (Å²) >= 11 is 0. The average Bonchev–Trinajstić information content (AvgIpc) is 3.26. The molecule has 0 bridgehead atoms. The highest BCUT2D eigenvalue weighted by molar-refractivity contribution is 6.01. The molecule has 0 N–H and O–H groups in total. The molecule has 0 unspecified atom stereocenters. The third-order valence-electron chi connectivity index (χ3n) is 5.29. The van der Waals surface area contributed by atoms with Crippen LogP contribution in [0.25, 0.3) is 0 Å². The van der Waals surface area contributed by atoms with Gasteiger partial charge in [-0.2, -0.15) is 0 Å². The fourth-order valence-corrected chi connectivity index (χ4v) is 3.56. The molecule has 1 heterocycles. The minimum absolute atomic E-state index is 0.139. The first-order valence-electron chi connectivity index (χ1n) is 9.95. The number of hydrogen-bond donors (Lipinski definition) is 0. The lowest BCUT2D eigenvalue weighted by Crippen LogP contribution is -2.41. The minimum atomic E-state index is -0.849. The van der Waals surface area contributed by atoms with Crippen LogP contribution in [0, 0.1) is 10.1 Å². The van der Waals surface area contributed by atoms with Crippen molar-refractivity contribution in [3.63, 3.8) is 0 Å². The Hall–Kier alpha value is -3.88. The van der Waals surface area contributed by atoms with Crippen molar-refractivity contribution in [2.75, 3.05) is 20.8 Å². The van der Waals surface area contributed by atoms with Gasteiger partial charge in [0, 0.05) is 19.0 Å². The first-order valence-corrected chi connectivity index (χ1v) is 9.95. The molecule has 1 aliphatic heterocycles. The maximum absolute atomic E-state index is 13.3. The van der Waals surface area contributed by atoms with E-state index >= 15 is 0 Å². The fraction of sp³-hybridized carbons (Fsp3) is 0.304. The van der Waals surface area contributed by atoms with E-state index in [4.69, 9.17) is 14.2 Å². The van der Waals surface area contributed by atoms with Crippen LogP contribution in [-0.2, 0) is 16.1 Å². The van der Waals surface area contributed by atoms with E-state index in [0.29, 0.717) is 6.42 Å². The molecule has 0 aliphatic carbocycles. The first kappa shape index (κ1) is 22.8. The summed E-state index contributed by atoms with van der Waals surface area (Å²) in [6.45, 7) is 2.16. The number of amides is 1. The molecule has 0 aromatic heterocycles. The molecular weight excluding hydrogens is 416 g/mol. The molecule has 0 spiro atoms. The first-order chi connectivity index (χ1) is 15.4. The molecule has 2 aromatic carbocycles. The van der Waals surface area contributed by atoms with Gasteiger partial charge in [-0.3, -0.25) is 14.9 Å². The lowest BCUT2D eigenvalue weighted by Gasteiger charge is -2.22. The number of carbonyl (C=O) groups excluding carboxylic acids is 2. The van der Waals surface area contributed by atoms with Crippen LogP contribution in [0.3, 0.4) is 0 Å². The number of nitro groups is 1. The summed E-state index contributed by atoms with van der Waals surface area (Å²) in [6, 6.07) is 10.9. The Bertz CT molecular complexity index is 1050. The Balaban J connectivity index is 1.97. The summed E-state index contributed by atoms with van der Waals surface area (Å²) in [4.78, 5) is 38.0. The van der Waals surface area contributed by atoms with Crippen molar-refractivity contribution < 1.29 is 28.7 Å². The summed E-state index contributed by atoms with van der Waals surface area (Å²) in [6.07, 6.45) is 2.14. The van der Waals surface area contributed by atoms with E-state index in [1.165, 1.54) is 31.3 Å². The Morgan fingerprint density at radius 3 is 2.50 bits per heavy atom. The summed E-state index contributed by atoms with van der Waals surface area (Å²) in [7, 11) is 2.62. The number of allylic oxidation sites excluding steroid dienone is 1. The number of methoxy groups -OCH3 is 2.